The number of Topliss-reactive ketones (excluding diaryl/α,β-unsaturated/α-hetero) is 1. The molecule has 0 saturated carbocycles. The van der Waals surface area contributed by atoms with E-state index in [9.17, 15) is 4.79 Å². The fourth-order valence-corrected chi connectivity index (χ4v) is 2.08. The van der Waals surface area contributed by atoms with Crippen LogP contribution in [0.4, 0.5) is 0 Å². The highest BCUT2D eigenvalue weighted by Crippen LogP contribution is 2.16. The van der Waals surface area contributed by atoms with Crippen molar-refractivity contribution in [3.05, 3.63) is 0 Å². The molecule has 0 spiro atoms. The van der Waals surface area contributed by atoms with Gasteiger partial charge in [-0.2, -0.15) is 0 Å². The summed E-state index contributed by atoms with van der Waals surface area (Å²) in [6.45, 7) is 4.92. The minimum Gasteiger partial charge on any atom is -0.381 e. The second-order valence-electron chi connectivity index (χ2n) is 4.07. The van der Waals surface area contributed by atoms with Gasteiger partial charge in [-0.3, -0.25) is 4.79 Å². The van der Waals surface area contributed by atoms with Gasteiger partial charge < -0.3 is 9.64 Å². The van der Waals surface area contributed by atoms with E-state index in [2.05, 4.69) is 4.90 Å². The highest BCUT2D eigenvalue weighted by atomic mass is 16.5. The van der Waals surface area contributed by atoms with Crippen LogP contribution in [-0.4, -0.2) is 43.5 Å². The van der Waals surface area contributed by atoms with Crippen LogP contribution < -0.4 is 0 Å². The van der Waals surface area contributed by atoms with Gasteiger partial charge in [0.1, 0.15) is 5.78 Å². The third-order valence-electron chi connectivity index (χ3n) is 2.95. The minimum atomic E-state index is 0.430. The number of ketones is 1. The lowest BCUT2D eigenvalue weighted by atomic mass is 10.1. The molecule has 2 rings (SSSR count). The van der Waals surface area contributed by atoms with Crippen LogP contribution >= 0.6 is 0 Å². The van der Waals surface area contributed by atoms with E-state index in [4.69, 9.17) is 4.74 Å². The average molecular weight is 183 g/mol. The Kier molecular flexibility index (Phi) is 2.96. The smallest absolute Gasteiger partial charge is 0.135 e. The maximum absolute atomic E-state index is 11.0. The molecule has 2 fully saturated rings. The monoisotopic (exact) mass is 183 g/mol. The quantitative estimate of drug-likeness (QED) is 0.630. The third kappa shape index (κ3) is 2.51. The molecule has 0 aromatic carbocycles. The zero-order valence-electron chi connectivity index (χ0n) is 8.00. The first-order chi connectivity index (χ1) is 6.34. The zero-order chi connectivity index (χ0) is 9.10. The van der Waals surface area contributed by atoms with Gasteiger partial charge in [0.05, 0.1) is 6.61 Å². The minimum absolute atomic E-state index is 0.430. The number of piperidine rings is 1. The summed E-state index contributed by atoms with van der Waals surface area (Å²) in [4.78, 5) is 13.4. The molecule has 1 atom stereocenters. The van der Waals surface area contributed by atoms with E-state index < -0.39 is 0 Å². The predicted molar refractivity (Wildman–Crippen MR) is 49.6 cm³/mol. The molecule has 3 nitrogen and oxygen atoms in total. The first-order valence-electron chi connectivity index (χ1n) is 5.16. The molecule has 0 bridgehead atoms. The van der Waals surface area contributed by atoms with Gasteiger partial charge in [0.15, 0.2) is 0 Å². The van der Waals surface area contributed by atoms with Crippen LogP contribution in [-0.2, 0) is 9.53 Å². The van der Waals surface area contributed by atoms with Crippen molar-refractivity contribution in [2.45, 2.75) is 19.3 Å². The topological polar surface area (TPSA) is 29.5 Å². The average Bonchev–Trinajstić information content (AvgIpc) is 2.62. The van der Waals surface area contributed by atoms with Crippen molar-refractivity contribution in [3.8, 4) is 0 Å². The largest absolute Gasteiger partial charge is 0.381 e. The van der Waals surface area contributed by atoms with Crippen molar-refractivity contribution in [1.82, 2.24) is 4.90 Å². The number of likely N-dealkylation sites (tertiary alicyclic amines) is 1. The molecule has 2 aliphatic rings. The molecule has 0 aromatic rings. The summed E-state index contributed by atoms with van der Waals surface area (Å²) in [6, 6.07) is 0. The van der Waals surface area contributed by atoms with Gasteiger partial charge in [0.25, 0.3) is 0 Å². The standard InChI is InChI=1S/C10H17NO2/c12-10-1-4-11(5-2-10)7-9-3-6-13-8-9/h9H,1-8H2. The predicted octanol–water partition coefficient (Wildman–Crippen LogP) is 0.688. The van der Waals surface area contributed by atoms with Gasteiger partial charge in [-0.15, -0.1) is 0 Å². The summed E-state index contributed by atoms with van der Waals surface area (Å²) >= 11 is 0. The lowest BCUT2D eigenvalue weighted by Crippen LogP contribution is -2.37. The molecule has 1 unspecified atom stereocenters. The van der Waals surface area contributed by atoms with E-state index in [0.717, 1.165) is 45.7 Å². The Morgan fingerprint density at radius 1 is 1.38 bits per heavy atom. The molecular formula is C10H17NO2. The number of carbonyl (C=O) groups excluding carboxylic acids is 1. The number of rotatable bonds is 2. The van der Waals surface area contributed by atoms with E-state index >= 15 is 0 Å². The second-order valence-corrected chi connectivity index (χ2v) is 4.07. The van der Waals surface area contributed by atoms with Crippen molar-refractivity contribution in [2.24, 2.45) is 5.92 Å². The van der Waals surface area contributed by atoms with E-state index in [1.54, 1.807) is 0 Å². The fraction of sp³-hybridized carbons (Fsp3) is 0.900. The molecular weight excluding hydrogens is 166 g/mol. The maximum Gasteiger partial charge on any atom is 0.135 e. The summed E-state index contributed by atoms with van der Waals surface area (Å²) in [6.07, 6.45) is 2.71. The van der Waals surface area contributed by atoms with E-state index in [1.165, 1.54) is 6.42 Å². The highest BCUT2D eigenvalue weighted by molar-refractivity contribution is 5.79. The fourth-order valence-electron chi connectivity index (χ4n) is 2.08. The molecule has 3 heteroatoms. The summed E-state index contributed by atoms with van der Waals surface area (Å²) in [5.41, 5.74) is 0. The van der Waals surface area contributed by atoms with Gasteiger partial charge >= 0.3 is 0 Å². The third-order valence-corrected chi connectivity index (χ3v) is 2.95. The molecule has 13 heavy (non-hydrogen) atoms. The Hall–Kier alpha value is -0.410. The van der Waals surface area contributed by atoms with Gasteiger partial charge in [0, 0.05) is 39.1 Å². The molecule has 0 N–H and O–H groups in total. The lowest BCUT2D eigenvalue weighted by molar-refractivity contribution is -0.121. The van der Waals surface area contributed by atoms with Crippen LogP contribution in [0.1, 0.15) is 19.3 Å². The number of ether oxygens (including phenoxy) is 1. The molecule has 0 aromatic heterocycles. The number of nitrogens with zero attached hydrogens (tertiary/aromatic N) is 1. The normalized spacial score (nSPS) is 31.1. The van der Waals surface area contributed by atoms with Crippen molar-refractivity contribution in [1.29, 1.82) is 0 Å². The van der Waals surface area contributed by atoms with Crippen LogP contribution in [0.25, 0.3) is 0 Å². The van der Waals surface area contributed by atoms with Crippen LogP contribution in [0.2, 0.25) is 0 Å². The zero-order valence-corrected chi connectivity index (χ0v) is 8.00. The van der Waals surface area contributed by atoms with Crippen LogP contribution in [0, 0.1) is 5.92 Å². The first kappa shape index (κ1) is 9.16. The summed E-state index contributed by atoms with van der Waals surface area (Å²) < 4.78 is 5.33. The molecule has 2 saturated heterocycles. The van der Waals surface area contributed by atoms with Gasteiger partial charge in [-0.05, 0) is 12.3 Å². The lowest BCUT2D eigenvalue weighted by Gasteiger charge is -2.27. The SMILES string of the molecule is O=C1CCN(CC2CCOC2)CC1. The Labute approximate surface area is 79.0 Å². The van der Waals surface area contributed by atoms with Crippen molar-refractivity contribution >= 4 is 5.78 Å². The van der Waals surface area contributed by atoms with Crippen molar-refractivity contribution in [3.63, 3.8) is 0 Å². The molecule has 0 amide bonds. The molecule has 2 heterocycles. The summed E-state index contributed by atoms with van der Waals surface area (Å²) in [5.74, 6) is 1.15. The van der Waals surface area contributed by atoms with Gasteiger partial charge in [0.2, 0.25) is 0 Å². The molecule has 0 radical (unpaired) electrons. The highest BCUT2D eigenvalue weighted by Gasteiger charge is 2.22. The number of hydrogen-bond acceptors (Lipinski definition) is 3. The Morgan fingerprint density at radius 2 is 2.15 bits per heavy atom. The van der Waals surface area contributed by atoms with Crippen molar-refractivity contribution in [2.75, 3.05) is 32.8 Å². The molecule has 2 aliphatic heterocycles. The summed E-state index contributed by atoms with van der Waals surface area (Å²) in [5, 5.41) is 0. The van der Waals surface area contributed by atoms with E-state index in [0.29, 0.717) is 11.7 Å². The Bertz CT molecular complexity index is 177. The number of hydrogen-bond donors (Lipinski definition) is 0. The first-order valence-corrected chi connectivity index (χ1v) is 5.16. The van der Waals surface area contributed by atoms with Crippen molar-refractivity contribution < 1.29 is 9.53 Å². The Balaban J connectivity index is 1.72. The van der Waals surface area contributed by atoms with Gasteiger partial charge in [-0.1, -0.05) is 0 Å². The van der Waals surface area contributed by atoms with Gasteiger partial charge in [-0.25, -0.2) is 0 Å². The van der Waals surface area contributed by atoms with E-state index in [1.807, 2.05) is 0 Å². The second kappa shape index (κ2) is 4.20. The summed E-state index contributed by atoms with van der Waals surface area (Å²) in [7, 11) is 0. The van der Waals surface area contributed by atoms with E-state index in [-0.39, 0.29) is 0 Å². The van der Waals surface area contributed by atoms with Crippen LogP contribution in [0.3, 0.4) is 0 Å². The number of carbonyl (C=O) groups is 1. The van der Waals surface area contributed by atoms with Crippen LogP contribution in [0.15, 0.2) is 0 Å². The maximum atomic E-state index is 11.0. The molecule has 0 aliphatic carbocycles. The van der Waals surface area contributed by atoms with Crippen LogP contribution in [0.5, 0.6) is 0 Å². The Morgan fingerprint density at radius 3 is 2.77 bits per heavy atom. The molecule has 74 valence electrons.